The summed E-state index contributed by atoms with van der Waals surface area (Å²) in [7, 11) is 1.52. The number of thioether (sulfide) groups is 1. The van der Waals surface area contributed by atoms with E-state index >= 15 is 0 Å². The Bertz CT molecular complexity index is 1180. The van der Waals surface area contributed by atoms with Crippen LogP contribution in [0, 0.1) is 0 Å². The first-order valence-corrected chi connectivity index (χ1v) is 15.4. The fourth-order valence-electron chi connectivity index (χ4n) is 4.17. The van der Waals surface area contributed by atoms with Crippen LogP contribution in [0.5, 0.6) is 0 Å². The number of ether oxygens (including phenoxy) is 2. The van der Waals surface area contributed by atoms with E-state index in [2.05, 4.69) is 10.6 Å². The summed E-state index contributed by atoms with van der Waals surface area (Å²) in [5.74, 6) is -0.995. The van der Waals surface area contributed by atoms with Gasteiger partial charge in [0.05, 0.1) is 0 Å². The summed E-state index contributed by atoms with van der Waals surface area (Å²) in [6, 6.07) is 15.1. The Morgan fingerprint density at radius 2 is 1.36 bits per heavy atom. The van der Waals surface area contributed by atoms with E-state index in [0.29, 0.717) is 17.7 Å². The molecule has 2 aromatic carbocycles. The summed E-state index contributed by atoms with van der Waals surface area (Å²) in [4.78, 5) is 55.0. The highest BCUT2D eigenvalue weighted by molar-refractivity contribution is 7.98. The van der Waals surface area contributed by atoms with Crippen LogP contribution < -0.4 is 10.6 Å². The topological polar surface area (TPSA) is 114 Å². The van der Waals surface area contributed by atoms with Gasteiger partial charge in [-0.1, -0.05) is 60.7 Å². The third-order valence-electron chi connectivity index (χ3n) is 5.99. The molecule has 2 aromatic rings. The second-order valence-corrected chi connectivity index (χ2v) is 13.0. The van der Waals surface area contributed by atoms with Gasteiger partial charge in [0.2, 0.25) is 11.8 Å². The molecule has 3 amide bonds. The zero-order valence-electron chi connectivity index (χ0n) is 25.9. The first-order chi connectivity index (χ1) is 19.6. The van der Waals surface area contributed by atoms with Crippen LogP contribution in [0.4, 0.5) is 4.79 Å². The maximum Gasteiger partial charge on any atom is 0.408 e. The second-order valence-electron chi connectivity index (χ2n) is 12.0. The number of benzene rings is 2. The zero-order valence-corrected chi connectivity index (χ0v) is 26.7. The number of nitrogens with zero attached hydrogens (tertiary/aromatic N) is 1. The average molecular weight is 600 g/mol. The Hall–Kier alpha value is -3.53. The summed E-state index contributed by atoms with van der Waals surface area (Å²) in [6.45, 7) is 10.5. The van der Waals surface area contributed by atoms with E-state index in [1.54, 1.807) is 65.8 Å². The summed E-state index contributed by atoms with van der Waals surface area (Å²) >= 11 is 1.53. The molecular weight excluding hydrogens is 554 g/mol. The van der Waals surface area contributed by atoms with E-state index in [-0.39, 0.29) is 6.42 Å². The number of nitrogens with one attached hydrogen (secondary N) is 2. The Labute approximate surface area is 254 Å². The largest absolute Gasteiger partial charge is 0.458 e. The van der Waals surface area contributed by atoms with Gasteiger partial charge in [-0.15, -0.1) is 0 Å². The highest BCUT2D eigenvalue weighted by atomic mass is 32.2. The first kappa shape index (κ1) is 34.7. The van der Waals surface area contributed by atoms with Crippen LogP contribution >= 0.6 is 11.8 Å². The second kappa shape index (κ2) is 15.6. The van der Waals surface area contributed by atoms with Crippen molar-refractivity contribution in [2.75, 3.05) is 19.1 Å². The number of alkyl carbamates (subject to hydrolysis) is 1. The highest BCUT2D eigenvalue weighted by Gasteiger charge is 2.36. The number of carbonyl (C=O) groups excluding carboxylic acids is 4. The van der Waals surface area contributed by atoms with E-state index in [1.165, 1.54) is 23.7 Å². The van der Waals surface area contributed by atoms with Gasteiger partial charge in [0, 0.05) is 13.5 Å². The summed E-state index contributed by atoms with van der Waals surface area (Å²) in [5, 5.41) is 5.53. The number of carbonyl (C=O) groups is 4. The smallest absolute Gasteiger partial charge is 0.408 e. The summed E-state index contributed by atoms with van der Waals surface area (Å²) in [5.41, 5.74) is -0.118. The van der Waals surface area contributed by atoms with Crippen LogP contribution in [0.3, 0.4) is 0 Å². The standard InChI is InChI=1S/C32H45N3O6S/c1-31(2,3)40-29(38)25(21-22-15-11-9-12-16-22)33-27(36)26(23-17-13-10-14-18-23)35(7)28(37)24(19-20-42-8)34-30(39)41-32(4,5)6/h9-18,24-26H,19-21H2,1-8H3,(H,33,36)(H,34,39). The summed E-state index contributed by atoms with van der Waals surface area (Å²) in [6.07, 6.45) is 1.73. The van der Waals surface area contributed by atoms with Crippen molar-refractivity contribution in [3.63, 3.8) is 0 Å². The van der Waals surface area contributed by atoms with E-state index in [4.69, 9.17) is 9.47 Å². The molecule has 10 heteroatoms. The van der Waals surface area contributed by atoms with Crippen molar-refractivity contribution in [3.8, 4) is 0 Å². The lowest BCUT2D eigenvalue weighted by molar-refractivity contribution is -0.159. The van der Waals surface area contributed by atoms with E-state index < -0.39 is 53.2 Å². The molecule has 0 bridgehead atoms. The number of esters is 1. The van der Waals surface area contributed by atoms with Gasteiger partial charge in [-0.3, -0.25) is 9.59 Å². The normalized spacial score (nSPS) is 13.7. The predicted molar refractivity (Wildman–Crippen MR) is 166 cm³/mol. The van der Waals surface area contributed by atoms with Crippen molar-refractivity contribution in [1.29, 1.82) is 0 Å². The van der Waals surface area contributed by atoms with Gasteiger partial charge in [-0.05, 0) is 71.1 Å². The van der Waals surface area contributed by atoms with Crippen molar-refractivity contribution in [3.05, 3.63) is 71.8 Å². The van der Waals surface area contributed by atoms with Gasteiger partial charge in [0.15, 0.2) is 0 Å². The lowest BCUT2D eigenvalue weighted by Crippen LogP contribution is -2.54. The SMILES string of the molecule is CSCCC(NC(=O)OC(C)(C)C)C(=O)N(C)C(C(=O)NC(Cc1ccccc1)C(=O)OC(C)(C)C)c1ccccc1. The lowest BCUT2D eigenvalue weighted by atomic mass is 10.0. The fourth-order valence-corrected chi connectivity index (χ4v) is 4.64. The van der Waals surface area contributed by atoms with Crippen LogP contribution in [-0.2, 0) is 30.3 Å². The average Bonchev–Trinajstić information content (AvgIpc) is 2.89. The van der Waals surface area contributed by atoms with Crippen LogP contribution in [0.1, 0.15) is 65.1 Å². The minimum absolute atomic E-state index is 0.206. The molecule has 0 saturated heterocycles. The third-order valence-corrected chi connectivity index (χ3v) is 6.63. The molecule has 230 valence electrons. The van der Waals surface area contributed by atoms with Crippen molar-refractivity contribution in [2.45, 2.75) is 83.7 Å². The van der Waals surface area contributed by atoms with Gasteiger partial charge >= 0.3 is 12.1 Å². The molecule has 0 heterocycles. The Morgan fingerprint density at radius 1 is 0.810 bits per heavy atom. The molecule has 0 fully saturated rings. The molecule has 0 aliphatic rings. The lowest BCUT2D eigenvalue weighted by Gasteiger charge is -2.33. The molecule has 42 heavy (non-hydrogen) atoms. The molecule has 0 aliphatic heterocycles. The van der Waals surface area contributed by atoms with Crippen LogP contribution in [-0.4, -0.2) is 71.1 Å². The molecule has 0 radical (unpaired) electrons. The Morgan fingerprint density at radius 3 is 1.88 bits per heavy atom. The van der Waals surface area contributed by atoms with Gasteiger partial charge in [0.25, 0.3) is 0 Å². The Balaban J connectivity index is 2.40. The van der Waals surface area contributed by atoms with Crippen molar-refractivity contribution >= 4 is 35.6 Å². The molecule has 9 nitrogen and oxygen atoms in total. The quantitative estimate of drug-likeness (QED) is 0.334. The molecule has 0 aromatic heterocycles. The van der Waals surface area contributed by atoms with Crippen molar-refractivity contribution < 1.29 is 28.7 Å². The van der Waals surface area contributed by atoms with Gasteiger partial charge in [-0.25, -0.2) is 9.59 Å². The third kappa shape index (κ3) is 11.8. The first-order valence-electron chi connectivity index (χ1n) is 14.0. The molecule has 3 unspecified atom stereocenters. The number of likely N-dealkylation sites (N-methyl/N-ethyl adjacent to an activating group) is 1. The minimum Gasteiger partial charge on any atom is -0.458 e. The predicted octanol–water partition coefficient (Wildman–Crippen LogP) is 4.90. The van der Waals surface area contributed by atoms with Crippen LogP contribution in [0.25, 0.3) is 0 Å². The van der Waals surface area contributed by atoms with E-state index in [0.717, 1.165) is 5.56 Å². The maximum absolute atomic E-state index is 14.0. The molecule has 0 saturated carbocycles. The number of amides is 3. The van der Waals surface area contributed by atoms with Crippen molar-refractivity contribution in [2.24, 2.45) is 0 Å². The number of hydrogen-bond donors (Lipinski definition) is 2. The number of rotatable bonds is 12. The fraction of sp³-hybridized carbons (Fsp3) is 0.500. The molecule has 0 spiro atoms. The van der Waals surface area contributed by atoms with Gasteiger partial charge in [-0.2, -0.15) is 11.8 Å². The van der Waals surface area contributed by atoms with Gasteiger partial charge in [0.1, 0.15) is 29.3 Å². The Kier molecular flexibility index (Phi) is 12.9. The molecule has 3 atom stereocenters. The van der Waals surface area contributed by atoms with Gasteiger partial charge < -0.3 is 25.0 Å². The molecule has 2 N–H and O–H groups in total. The maximum atomic E-state index is 14.0. The monoisotopic (exact) mass is 599 g/mol. The zero-order chi connectivity index (χ0) is 31.5. The molecular formula is C32H45N3O6S. The van der Waals surface area contributed by atoms with Crippen LogP contribution in [0.15, 0.2) is 60.7 Å². The molecule has 0 aliphatic carbocycles. The minimum atomic E-state index is -1.09. The van der Waals surface area contributed by atoms with Crippen molar-refractivity contribution in [1.82, 2.24) is 15.5 Å². The number of hydrogen-bond acceptors (Lipinski definition) is 7. The van der Waals surface area contributed by atoms with Crippen LogP contribution in [0.2, 0.25) is 0 Å². The highest BCUT2D eigenvalue weighted by Crippen LogP contribution is 2.23. The summed E-state index contributed by atoms with van der Waals surface area (Å²) < 4.78 is 11.0. The molecule has 2 rings (SSSR count). The van der Waals surface area contributed by atoms with E-state index in [9.17, 15) is 19.2 Å². The van der Waals surface area contributed by atoms with E-state index in [1.807, 2.05) is 42.7 Å².